The lowest BCUT2D eigenvalue weighted by Crippen LogP contribution is -2.23. The van der Waals surface area contributed by atoms with E-state index in [1.165, 1.54) is 5.56 Å². The van der Waals surface area contributed by atoms with Crippen molar-refractivity contribution in [1.82, 2.24) is 0 Å². The standard InChI is InChI=1S/C15H20O2/c1-13-6-5-9-15(17-13)10-11-16-12-14-7-3-2-4-8-14/h2-8,13,15H,9-12H2,1H3/t13-,15-/m1/s1. The first-order chi connectivity index (χ1) is 8.34. The Balaban J connectivity index is 1.62. The smallest absolute Gasteiger partial charge is 0.0731 e. The van der Waals surface area contributed by atoms with Gasteiger partial charge in [-0.3, -0.25) is 0 Å². The van der Waals surface area contributed by atoms with E-state index in [0.29, 0.717) is 12.7 Å². The van der Waals surface area contributed by atoms with Crippen LogP contribution in [-0.4, -0.2) is 18.8 Å². The molecule has 0 aliphatic carbocycles. The van der Waals surface area contributed by atoms with E-state index in [1.54, 1.807) is 0 Å². The van der Waals surface area contributed by atoms with Gasteiger partial charge in [0.2, 0.25) is 0 Å². The van der Waals surface area contributed by atoms with Crippen LogP contribution in [-0.2, 0) is 16.1 Å². The highest BCUT2D eigenvalue weighted by atomic mass is 16.5. The Morgan fingerprint density at radius 2 is 2.12 bits per heavy atom. The van der Waals surface area contributed by atoms with Crippen LogP contribution in [0.2, 0.25) is 0 Å². The lowest BCUT2D eigenvalue weighted by molar-refractivity contribution is -0.00915. The Morgan fingerprint density at radius 3 is 2.88 bits per heavy atom. The third kappa shape index (κ3) is 4.33. The number of benzene rings is 1. The van der Waals surface area contributed by atoms with E-state index in [-0.39, 0.29) is 6.10 Å². The second-order valence-electron chi connectivity index (χ2n) is 4.45. The van der Waals surface area contributed by atoms with E-state index in [1.807, 2.05) is 18.2 Å². The quantitative estimate of drug-likeness (QED) is 0.572. The van der Waals surface area contributed by atoms with Crippen LogP contribution in [0.25, 0.3) is 0 Å². The van der Waals surface area contributed by atoms with Crippen molar-refractivity contribution in [3.63, 3.8) is 0 Å². The van der Waals surface area contributed by atoms with Crippen molar-refractivity contribution in [2.75, 3.05) is 6.61 Å². The van der Waals surface area contributed by atoms with Gasteiger partial charge < -0.3 is 9.47 Å². The molecule has 0 fully saturated rings. The number of hydrogen-bond acceptors (Lipinski definition) is 2. The zero-order valence-electron chi connectivity index (χ0n) is 10.3. The van der Waals surface area contributed by atoms with Gasteiger partial charge in [-0.05, 0) is 25.3 Å². The summed E-state index contributed by atoms with van der Waals surface area (Å²) in [5, 5.41) is 0. The molecule has 0 amide bonds. The van der Waals surface area contributed by atoms with Crippen LogP contribution in [0.1, 0.15) is 25.3 Å². The summed E-state index contributed by atoms with van der Waals surface area (Å²) in [5.41, 5.74) is 1.23. The number of ether oxygens (including phenoxy) is 2. The Hall–Kier alpha value is -1.12. The molecule has 17 heavy (non-hydrogen) atoms. The third-order valence-corrected chi connectivity index (χ3v) is 2.91. The molecular formula is C15H20O2. The SMILES string of the molecule is C[C@@H]1C=CC[C@H](CCOCc2ccccc2)O1. The van der Waals surface area contributed by atoms with Gasteiger partial charge in [-0.25, -0.2) is 0 Å². The van der Waals surface area contributed by atoms with Crippen LogP contribution < -0.4 is 0 Å². The summed E-state index contributed by atoms with van der Waals surface area (Å²) in [6, 6.07) is 10.3. The van der Waals surface area contributed by atoms with E-state index in [2.05, 4.69) is 31.2 Å². The molecule has 2 atom stereocenters. The summed E-state index contributed by atoms with van der Waals surface area (Å²) >= 11 is 0. The van der Waals surface area contributed by atoms with E-state index in [4.69, 9.17) is 9.47 Å². The fraction of sp³-hybridized carbons (Fsp3) is 0.467. The molecule has 0 unspecified atom stereocenters. The highest BCUT2D eigenvalue weighted by Crippen LogP contribution is 2.15. The van der Waals surface area contributed by atoms with Gasteiger partial charge in [0, 0.05) is 6.61 Å². The third-order valence-electron chi connectivity index (χ3n) is 2.91. The van der Waals surface area contributed by atoms with Gasteiger partial charge in [-0.2, -0.15) is 0 Å². The molecule has 0 saturated heterocycles. The lowest BCUT2D eigenvalue weighted by Gasteiger charge is -2.23. The molecule has 1 aliphatic heterocycles. The Labute approximate surface area is 103 Å². The highest BCUT2D eigenvalue weighted by molar-refractivity contribution is 5.13. The van der Waals surface area contributed by atoms with Crippen molar-refractivity contribution in [1.29, 1.82) is 0 Å². The molecule has 0 spiro atoms. The predicted octanol–water partition coefficient (Wildman–Crippen LogP) is 3.33. The first-order valence-corrected chi connectivity index (χ1v) is 6.28. The van der Waals surface area contributed by atoms with Gasteiger partial charge in [-0.1, -0.05) is 42.5 Å². The van der Waals surface area contributed by atoms with Crippen LogP contribution in [0.5, 0.6) is 0 Å². The summed E-state index contributed by atoms with van der Waals surface area (Å²) < 4.78 is 11.4. The zero-order chi connectivity index (χ0) is 11.9. The fourth-order valence-electron chi connectivity index (χ4n) is 1.99. The lowest BCUT2D eigenvalue weighted by atomic mass is 10.1. The normalized spacial score (nSPS) is 23.8. The molecule has 2 nitrogen and oxygen atoms in total. The Bertz CT molecular complexity index is 345. The van der Waals surface area contributed by atoms with Crippen molar-refractivity contribution in [3.05, 3.63) is 48.0 Å². The van der Waals surface area contributed by atoms with E-state index in [0.717, 1.165) is 19.4 Å². The number of rotatable bonds is 5. The van der Waals surface area contributed by atoms with Crippen molar-refractivity contribution in [2.45, 2.75) is 38.6 Å². The minimum absolute atomic E-state index is 0.253. The highest BCUT2D eigenvalue weighted by Gasteiger charge is 2.14. The first kappa shape index (κ1) is 12.3. The second kappa shape index (κ2) is 6.58. The van der Waals surface area contributed by atoms with Gasteiger partial charge in [-0.15, -0.1) is 0 Å². The van der Waals surface area contributed by atoms with E-state index < -0.39 is 0 Å². The van der Waals surface area contributed by atoms with Crippen LogP contribution in [0.4, 0.5) is 0 Å². The van der Waals surface area contributed by atoms with Crippen molar-refractivity contribution in [3.8, 4) is 0 Å². The first-order valence-electron chi connectivity index (χ1n) is 6.28. The summed E-state index contributed by atoms with van der Waals surface area (Å²) in [4.78, 5) is 0. The molecule has 2 rings (SSSR count). The molecular weight excluding hydrogens is 212 g/mol. The van der Waals surface area contributed by atoms with Gasteiger partial charge >= 0.3 is 0 Å². The molecule has 92 valence electrons. The molecule has 1 heterocycles. The minimum atomic E-state index is 0.253. The maximum absolute atomic E-state index is 5.77. The zero-order valence-corrected chi connectivity index (χ0v) is 10.3. The molecule has 0 N–H and O–H groups in total. The molecule has 0 aromatic heterocycles. The van der Waals surface area contributed by atoms with Gasteiger partial charge in [0.1, 0.15) is 0 Å². The van der Waals surface area contributed by atoms with Crippen molar-refractivity contribution >= 4 is 0 Å². The molecule has 1 aliphatic rings. The summed E-state index contributed by atoms with van der Waals surface area (Å²) in [5.74, 6) is 0. The Morgan fingerprint density at radius 1 is 1.29 bits per heavy atom. The number of hydrogen-bond donors (Lipinski definition) is 0. The van der Waals surface area contributed by atoms with Gasteiger partial charge in [0.25, 0.3) is 0 Å². The summed E-state index contributed by atoms with van der Waals surface area (Å²) in [6.07, 6.45) is 6.88. The molecule has 0 radical (unpaired) electrons. The maximum atomic E-state index is 5.77. The molecule has 1 aromatic carbocycles. The molecule has 0 bridgehead atoms. The minimum Gasteiger partial charge on any atom is -0.377 e. The fourth-order valence-corrected chi connectivity index (χ4v) is 1.99. The largest absolute Gasteiger partial charge is 0.377 e. The molecule has 0 saturated carbocycles. The van der Waals surface area contributed by atoms with Crippen molar-refractivity contribution in [2.24, 2.45) is 0 Å². The second-order valence-corrected chi connectivity index (χ2v) is 4.45. The molecule has 2 heteroatoms. The van der Waals surface area contributed by atoms with Crippen LogP contribution in [0.3, 0.4) is 0 Å². The summed E-state index contributed by atoms with van der Waals surface area (Å²) in [6.45, 7) is 3.53. The van der Waals surface area contributed by atoms with Gasteiger partial charge in [0.05, 0.1) is 18.8 Å². The predicted molar refractivity (Wildman–Crippen MR) is 68.8 cm³/mol. The average Bonchev–Trinajstić information content (AvgIpc) is 2.36. The van der Waals surface area contributed by atoms with Crippen LogP contribution >= 0.6 is 0 Å². The summed E-state index contributed by atoms with van der Waals surface area (Å²) in [7, 11) is 0. The van der Waals surface area contributed by atoms with Crippen LogP contribution in [0.15, 0.2) is 42.5 Å². The monoisotopic (exact) mass is 232 g/mol. The van der Waals surface area contributed by atoms with E-state index >= 15 is 0 Å². The van der Waals surface area contributed by atoms with E-state index in [9.17, 15) is 0 Å². The average molecular weight is 232 g/mol. The Kier molecular flexibility index (Phi) is 4.77. The van der Waals surface area contributed by atoms with Crippen molar-refractivity contribution < 1.29 is 9.47 Å². The van der Waals surface area contributed by atoms with Crippen LogP contribution in [0, 0.1) is 0 Å². The maximum Gasteiger partial charge on any atom is 0.0731 e. The van der Waals surface area contributed by atoms with Gasteiger partial charge in [0.15, 0.2) is 0 Å². The molecule has 1 aromatic rings. The topological polar surface area (TPSA) is 18.5 Å².